The van der Waals surface area contributed by atoms with Crippen LogP contribution in [0.4, 0.5) is 5.82 Å². The van der Waals surface area contributed by atoms with Crippen LogP contribution >= 0.6 is 0 Å². The molecule has 0 aliphatic carbocycles. The second kappa shape index (κ2) is 5.11. The van der Waals surface area contributed by atoms with E-state index in [0.29, 0.717) is 5.82 Å². The zero-order valence-corrected chi connectivity index (χ0v) is 8.75. The number of nitrogens with zero attached hydrogens (tertiary/aromatic N) is 2. The minimum absolute atomic E-state index is 0.0184. The van der Waals surface area contributed by atoms with Gasteiger partial charge in [-0.1, -0.05) is 6.07 Å². The molecule has 1 rings (SSSR count). The van der Waals surface area contributed by atoms with E-state index in [1.807, 2.05) is 0 Å². The molecular weight excluding hydrogens is 212 g/mol. The topological polar surface area (TPSA) is 90.7 Å². The number of anilines is 1. The van der Waals surface area contributed by atoms with Crippen LogP contribution < -0.4 is 4.90 Å². The summed E-state index contributed by atoms with van der Waals surface area (Å²) in [4.78, 5) is 26.5. The highest BCUT2D eigenvalue weighted by atomic mass is 16.4. The molecule has 0 radical (unpaired) electrons. The van der Waals surface area contributed by atoms with Gasteiger partial charge in [0, 0.05) is 13.6 Å². The first-order chi connectivity index (χ1) is 7.50. The van der Waals surface area contributed by atoms with Gasteiger partial charge in [0.25, 0.3) is 0 Å². The Hall–Kier alpha value is -2.11. The first-order valence-electron chi connectivity index (χ1n) is 4.64. The summed E-state index contributed by atoms with van der Waals surface area (Å²) in [5.41, 5.74) is -0.0559. The Balaban J connectivity index is 2.75. The highest BCUT2D eigenvalue weighted by molar-refractivity contribution is 5.85. The standard InChI is InChI=1S/C10H12N2O4/c1-12(6-5-9(13)14)8-4-2-3-7(11-8)10(15)16/h2-4H,5-6H2,1H3,(H,13,14)(H,15,16). The first-order valence-corrected chi connectivity index (χ1v) is 4.64. The van der Waals surface area contributed by atoms with Crippen LogP contribution in [0.5, 0.6) is 0 Å². The smallest absolute Gasteiger partial charge is 0.354 e. The predicted molar refractivity (Wildman–Crippen MR) is 56.7 cm³/mol. The fourth-order valence-corrected chi connectivity index (χ4v) is 1.13. The van der Waals surface area contributed by atoms with E-state index in [1.165, 1.54) is 6.07 Å². The van der Waals surface area contributed by atoms with Crippen molar-refractivity contribution in [1.82, 2.24) is 4.98 Å². The van der Waals surface area contributed by atoms with E-state index in [2.05, 4.69) is 4.98 Å². The molecule has 0 aromatic carbocycles. The minimum atomic E-state index is -1.10. The molecule has 0 spiro atoms. The van der Waals surface area contributed by atoms with Crippen LogP contribution in [0, 0.1) is 0 Å². The molecule has 16 heavy (non-hydrogen) atoms. The van der Waals surface area contributed by atoms with Gasteiger partial charge in [0.15, 0.2) is 5.69 Å². The van der Waals surface area contributed by atoms with Crippen LogP contribution in [0.2, 0.25) is 0 Å². The number of carboxylic acids is 2. The summed E-state index contributed by atoms with van der Waals surface area (Å²) in [6.45, 7) is 0.283. The zero-order valence-electron chi connectivity index (χ0n) is 8.75. The van der Waals surface area contributed by atoms with Crippen LogP contribution in [0.25, 0.3) is 0 Å². The maximum Gasteiger partial charge on any atom is 0.354 e. The van der Waals surface area contributed by atoms with Crippen molar-refractivity contribution in [1.29, 1.82) is 0 Å². The Labute approximate surface area is 92.1 Å². The van der Waals surface area contributed by atoms with Gasteiger partial charge in [-0.15, -0.1) is 0 Å². The van der Waals surface area contributed by atoms with Gasteiger partial charge >= 0.3 is 11.9 Å². The normalized spacial score (nSPS) is 9.81. The molecule has 0 amide bonds. The quantitative estimate of drug-likeness (QED) is 0.764. The van der Waals surface area contributed by atoms with Crippen LogP contribution in [-0.2, 0) is 4.79 Å². The highest BCUT2D eigenvalue weighted by Crippen LogP contribution is 2.09. The fraction of sp³-hybridized carbons (Fsp3) is 0.300. The molecule has 1 aromatic heterocycles. The number of aromatic nitrogens is 1. The molecule has 0 fully saturated rings. The fourth-order valence-electron chi connectivity index (χ4n) is 1.13. The molecular formula is C10H12N2O4. The summed E-state index contributed by atoms with van der Waals surface area (Å²) < 4.78 is 0. The van der Waals surface area contributed by atoms with Crippen molar-refractivity contribution in [2.45, 2.75) is 6.42 Å². The van der Waals surface area contributed by atoms with Crippen molar-refractivity contribution in [3.05, 3.63) is 23.9 Å². The molecule has 0 saturated heterocycles. The highest BCUT2D eigenvalue weighted by Gasteiger charge is 2.09. The lowest BCUT2D eigenvalue weighted by atomic mass is 10.3. The van der Waals surface area contributed by atoms with Gasteiger partial charge in [-0.3, -0.25) is 4.79 Å². The molecule has 0 bridgehead atoms. The average molecular weight is 224 g/mol. The number of pyridine rings is 1. The molecule has 1 aromatic rings. The number of hydrogen-bond donors (Lipinski definition) is 2. The molecule has 0 atom stereocenters. The van der Waals surface area contributed by atoms with Gasteiger partial charge in [-0.2, -0.15) is 0 Å². The van der Waals surface area contributed by atoms with Crippen molar-refractivity contribution < 1.29 is 19.8 Å². The summed E-state index contributed by atoms with van der Waals surface area (Å²) in [6, 6.07) is 4.59. The molecule has 1 heterocycles. The number of rotatable bonds is 5. The van der Waals surface area contributed by atoms with Crippen LogP contribution in [-0.4, -0.2) is 40.7 Å². The second-order valence-corrected chi connectivity index (χ2v) is 3.25. The van der Waals surface area contributed by atoms with E-state index in [4.69, 9.17) is 10.2 Å². The molecule has 86 valence electrons. The third-order valence-corrected chi connectivity index (χ3v) is 2.01. The van der Waals surface area contributed by atoms with E-state index in [0.717, 1.165) is 0 Å². The monoisotopic (exact) mass is 224 g/mol. The van der Waals surface area contributed by atoms with Gasteiger partial charge in [0.05, 0.1) is 6.42 Å². The molecule has 6 nitrogen and oxygen atoms in total. The van der Waals surface area contributed by atoms with Gasteiger partial charge in [0.2, 0.25) is 0 Å². The van der Waals surface area contributed by atoms with E-state index in [1.54, 1.807) is 24.1 Å². The van der Waals surface area contributed by atoms with Crippen LogP contribution in [0.1, 0.15) is 16.9 Å². The number of carbonyl (C=O) groups is 2. The van der Waals surface area contributed by atoms with E-state index < -0.39 is 11.9 Å². The SMILES string of the molecule is CN(CCC(=O)O)c1cccc(C(=O)O)n1. The Kier molecular flexibility index (Phi) is 3.82. The molecule has 2 N–H and O–H groups in total. The predicted octanol–water partition coefficient (Wildman–Crippen LogP) is 0.691. The van der Waals surface area contributed by atoms with Gasteiger partial charge < -0.3 is 15.1 Å². The summed E-state index contributed by atoms with van der Waals surface area (Å²) in [7, 11) is 1.66. The third-order valence-electron chi connectivity index (χ3n) is 2.01. The lowest BCUT2D eigenvalue weighted by molar-refractivity contribution is -0.136. The third kappa shape index (κ3) is 3.23. The van der Waals surface area contributed by atoms with Crippen molar-refractivity contribution >= 4 is 17.8 Å². The summed E-state index contributed by atoms with van der Waals surface area (Å²) in [5, 5.41) is 17.2. The maximum absolute atomic E-state index is 10.7. The Morgan fingerprint density at radius 2 is 2.06 bits per heavy atom. The second-order valence-electron chi connectivity index (χ2n) is 3.25. The molecule has 0 unspecified atom stereocenters. The van der Waals surface area contributed by atoms with Gasteiger partial charge in [0.1, 0.15) is 5.82 Å². The molecule has 6 heteroatoms. The first kappa shape index (κ1) is 12.0. The molecule has 0 aliphatic rings. The van der Waals surface area contributed by atoms with Crippen molar-refractivity contribution in [2.24, 2.45) is 0 Å². The van der Waals surface area contributed by atoms with E-state index in [-0.39, 0.29) is 18.7 Å². The van der Waals surface area contributed by atoms with E-state index in [9.17, 15) is 9.59 Å². The summed E-state index contributed by atoms with van der Waals surface area (Å²) in [6.07, 6.45) is -0.0184. The largest absolute Gasteiger partial charge is 0.481 e. The summed E-state index contributed by atoms with van der Waals surface area (Å²) >= 11 is 0. The number of aliphatic carboxylic acids is 1. The lowest BCUT2D eigenvalue weighted by Crippen LogP contribution is -2.22. The maximum atomic E-state index is 10.7. The molecule has 0 aliphatic heterocycles. The van der Waals surface area contributed by atoms with Crippen molar-refractivity contribution in [3.63, 3.8) is 0 Å². The van der Waals surface area contributed by atoms with Crippen LogP contribution in [0.3, 0.4) is 0 Å². The van der Waals surface area contributed by atoms with Gasteiger partial charge in [-0.05, 0) is 12.1 Å². The molecule has 0 saturated carbocycles. The zero-order chi connectivity index (χ0) is 12.1. The number of hydrogen-bond acceptors (Lipinski definition) is 4. The summed E-state index contributed by atoms with van der Waals surface area (Å²) in [5.74, 6) is -1.56. The van der Waals surface area contributed by atoms with Crippen molar-refractivity contribution in [3.8, 4) is 0 Å². The number of carboxylic acid groups (broad SMARTS) is 2. The Morgan fingerprint density at radius 3 is 2.62 bits per heavy atom. The van der Waals surface area contributed by atoms with E-state index >= 15 is 0 Å². The van der Waals surface area contributed by atoms with Crippen LogP contribution in [0.15, 0.2) is 18.2 Å². The van der Waals surface area contributed by atoms with Crippen molar-refractivity contribution in [2.75, 3.05) is 18.5 Å². The average Bonchev–Trinajstić information content (AvgIpc) is 2.26. The number of aromatic carboxylic acids is 1. The lowest BCUT2D eigenvalue weighted by Gasteiger charge is -2.16. The Bertz CT molecular complexity index is 406. The van der Waals surface area contributed by atoms with Gasteiger partial charge in [-0.25, -0.2) is 9.78 Å². The minimum Gasteiger partial charge on any atom is -0.481 e. The Morgan fingerprint density at radius 1 is 1.38 bits per heavy atom.